The Morgan fingerprint density at radius 2 is 0.875 bits per heavy atom. The zero-order chi connectivity index (χ0) is 29.4. The molecule has 0 heterocycles. The maximum absolute atomic E-state index is 10.5. The highest BCUT2D eigenvalue weighted by Crippen LogP contribution is 2.15. The number of rotatable bonds is 33. The zero-order valence-electron chi connectivity index (χ0n) is 27.2. The van der Waals surface area contributed by atoms with Crippen molar-refractivity contribution in [3.63, 3.8) is 0 Å². The van der Waals surface area contributed by atoms with Gasteiger partial charge in [0.25, 0.3) is 0 Å². The molecule has 0 radical (unpaired) electrons. The first-order valence-electron chi connectivity index (χ1n) is 18.0. The van der Waals surface area contributed by atoms with Gasteiger partial charge in [-0.1, -0.05) is 161 Å². The normalized spacial score (nSPS) is 14.2. The lowest BCUT2D eigenvalue weighted by Gasteiger charge is -2.26. The van der Waals surface area contributed by atoms with Crippen molar-refractivity contribution in [2.24, 2.45) is 0 Å². The third-order valence-electron chi connectivity index (χ3n) is 8.45. The van der Waals surface area contributed by atoms with Crippen molar-refractivity contribution >= 4 is 0 Å². The highest BCUT2D eigenvalue weighted by molar-refractivity contribution is 4.82. The van der Waals surface area contributed by atoms with Crippen LogP contribution in [0, 0.1) is 0 Å². The van der Waals surface area contributed by atoms with Crippen molar-refractivity contribution in [2.45, 2.75) is 205 Å². The Kier molecular flexibility index (Phi) is 32.7. The average Bonchev–Trinajstić information content (AvgIpc) is 2.96. The lowest BCUT2D eigenvalue weighted by Crippen LogP contribution is -2.48. The first kappa shape index (κ1) is 39.6. The second-order valence-corrected chi connectivity index (χ2v) is 12.4. The van der Waals surface area contributed by atoms with Crippen molar-refractivity contribution in [1.29, 1.82) is 0 Å². The summed E-state index contributed by atoms with van der Waals surface area (Å²) in [7, 11) is 0. The van der Waals surface area contributed by atoms with E-state index < -0.39 is 18.2 Å². The van der Waals surface area contributed by atoms with Gasteiger partial charge in [-0.2, -0.15) is 0 Å². The van der Waals surface area contributed by atoms with Crippen LogP contribution in [0.5, 0.6) is 0 Å². The summed E-state index contributed by atoms with van der Waals surface area (Å²) in [5, 5.41) is 33.9. The van der Waals surface area contributed by atoms with E-state index in [0.717, 1.165) is 25.8 Å². The maximum atomic E-state index is 10.5. The van der Waals surface area contributed by atoms with Crippen molar-refractivity contribution in [3.05, 3.63) is 12.2 Å². The molecule has 0 aliphatic heterocycles. The minimum atomic E-state index is -0.896. The fourth-order valence-corrected chi connectivity index (χ4v) is 5.59. The lowest BCUT2D eigenvalue weighted by atomic mass is 9.99. The monoisotopic (exact) mass is 568 g/mol. The maximum Gasteiger partial charge on any atom is 0.0973 e. The molecular formula is C36H73NO3. The quantitative estimate of drug-likeness (QED) is 0.0470. The SMILES string of the molecule is CCCCCCCC/C=C\CCCCCCCCN[C@@H](CO)[C@H](O)[C@H](O)CCCCCCCCCCCCCC. The topological polar surface area (TPSA) is 72.7 Å². The summed E-state index contributed by atoms with van der Waals surface area (Å²) in [4.78, 5) is 0. The summed E-state index contributed by atoms with van der Waals surface area (Å²) in [5.41, 5.74) is 0. The van der Waals surface area contributed by atoms with Crippen LogP contribution in [0.25, 0.3) is 0 Å². The molecule has 0 fully saturated rings. The molecule has 4 nitrogen and oxygen atoms in total. The van der Waals surface area contributed by atoms with Gasteiger partial charge in [-0.25, -0.2) is 0 Å². The molecule has 0 amide bonds. The first-order chi connectivity index (χ1) is 19.7. The van der Waals surface area contributed by atoms with Gasteiger partial charge in [-0.05, 0) is 45.1 Å². The molecule has 0 aromatic rings. The highest BCUT2D eigenvalue weighted by Gasteiger charge is 2.24. The van der Waals surface area contributed by atoms with Gasteiger partial charge in [0.15, 0.2) is 0 Å². The predicted molar refractivity (Wildman–Crippen MR) is 176 cm³/mol. The van der Waals surface area contributed by atoms with E-state index in [1.165, 1.54) is 148 Å². The molecule has 0 unspecified atom stereocenters. The van der Waals surface area contributed by atoms with E-state index in [0.29, 0.717) is 6.42 Å². The van der Waals surface area contributed by atoms with Gasteiger partial charge in [0, 0.05) is 0 Å². The highest BCUT2D eigenvalue weighted by atomic mass is 16.3. The Balaban J connectivity index is 3.56. The Labute approximate surface area is 251 Å². The van der Waals surface area contributed by atoms with E-state index in [9.17, 15) is 15.3 Å². The molecular weight excluding hydrogens is 494 g/mol. The zero-order valence-corrected chi connectivity index (χ0v) is 27.2. The molecule has 4 heteroatoms. The smallest absolute Gasteiger partial charge is 0.0973 e. The number of unbranched alkanes of at least 4 members (excludes halogenated alkanes) is 23. The molecule has 0 rings (SSSR count). The predicted octanol–water partition coefficient (Wildman–Crippen LogP) is 9.79. The van der Waals surface area contributed by atoms with Crippen LogP contribution in [0.4, 0.5) is 0 Å². The molecule has 3 atom stereocenters. The third kappa shape index (κ3) is 27.7. The summed E-state index contributed by atoms with van der Waals surface area (Å²) in [6.07, 6.45) is 37.3. The largest absolute Gasteiger partial charge is 0.395 e. The number of hydrogen-bond acceptors (Lipinski definition) is 4. The van der Waals surface area contributed by atoms with Gasteiger partial charge >= 0.3 is 0 Å². The van der Waals surface area contributed by atoms with Crippen LogP contribution in [-0.2, 0) is 0 Å². The van der Waals surface area contributed by atoms with Crippen LogP contribution in [0.15, 0.2) is 12.2 Å². The van der Waals surface area contributed by atoms with Crippen LogP contribution in [0.2, 0.25) is 0 Å². The fourth-order valence-electron chi connectivity index (χ4n) is 5.59. The fraction of sp³-hybridized carbons (Fsp3) is 0.944. The molecule has 40 heavy (non-hydrogen) atoms. The van der Waals surface area contributed by atoms with Crippen molar-refractivity contribution in [3.8, 4) is 0 Å². The minimum absolute atomic E-state index is 0.136. The van der Waals surface area contributed by atoms with Crippen LogP contribution in [-0.4, -0.2) is 46.7 Å². The summed E-state index contributed by atoms with van der Waals surface area (Å²) in [6.45, 7) is 5.19. The van der Waals surface area contributed by atoms with Crippen LogP contribution < -0.4 is 5.32 Å². The van der Waals surface area contributed by atoms with E-state index in [1.807, 2.05) is 0 Å². The summed E-state index contributed by atoms with van der Waals surface area (Å²) >= 11 is 0. The number of allylic oxidation sites excluding steroid dienone is 2. The van der Waals surface area contributed by atoms with E-state index in [4.69, 9.17) is 0 Å². The van der Waals surface area contributed by atoms with Gasteiger partial charge in [0.05, 0.1) is 24.9 Å². The number of nitrogens with one attached hydrogen (secondary N) is 1. The van der Waals surface area contributed by atoms with Crippen LogP contribution in [0.3, 0.4) is 0 Å². The van der Waals surface area contributed by atoms with Gasteiger partial charge in [-0.15, -0.1) is 0 Å². The van der Waals surface area contributed by atoms with Crippen molar-refractivity contribution in [1.82, 2.24) is 5.32 Å². The van der Waals surface area contributed by atoms with Crippen molar-refractivity contribution in [2.75, 3.05) is 13.2 Å². The average molecular weight is 568 g/mol. The summed E-state index contributed by atoms with van der Waals surface area (Å²) < 4.78 is 0. The number of hydrogen-bond donors (Lipinski definition) is 4. The molecule has 0 aromatic heterocycles. The second kappa shape index (κ2) is 33.1. The standard InChI is InChI=1S/C36H73NO3/c1-3-5-7-9-11-13-15-17-18-19-20-22-24-26-28-30-32-37-34(33-38)36(40)35(39)31-29-27-25-23-21-16-14-12-10-8-6-4-2/h17-18,34-40H,3-16,19-33H2,1-2H3/b18-17-/t34-,35+,36-/m0/s1. The Hall–Kier alpha value is -0.420. The molecule has 240 valence electrons. The number of aliphatic hydroxyl groups excluding tert-OH is 3. The molecule has 0 aliphatic carbocycles. The van der Waals surface area contributed by atoms with E-state index >= 15 is 0 Å². The van der Waals surface area contributed by atoms with Gasteiger partial charge in [0.1, 0.15) is 0 Å². The summed E-state index contributed by atoms with van der Waals surface area (Å²) in [5.74, 6) is 0. The molecule has 0 spiro atoms. The Bertz CT molecular complexity index is 498. The van der Waals surface area contributed by atoms with Gasteiger partial charge < -0.3 is 20.6 Å². The first-order valence-corrected chi connectivity index (χ1v) is 18.0. The molecule has 0 saturated carbocycles. The van der Waals surface area contributed by atoms with Crippen LogP contribution in [0.1, 0.15) is 187 Å². The van der Waals surface area contributed by atoms with Gasteiger partial charge in [0.2, 0.25) is 0 Å². The summed E-state index contributed by atoms with van der Waals surface area (Å²) in [6, 6.07) is -0.435. The molecule has 0 aliphatic rings. The van der Waals surface area contributed by atoms with Gasteiger partial charge in [-0.3, -0.25) is 0 Å². The van der Waals surface area contributed by atoms with Crippen LogP contribution >= 0.6 is 0 Å². The molecule has 0 bridgehead atoms. The Morgan fingerprint density at radius 1 is 0.500 bits per heavy atom. The van der Waals surface area contributed by atoms with E-state index in [-0.39, 0.29) is 6.61 Å². The molecule has 0 saturated heterocycles. The molecule has 0 aromatic carbocycles. The number of aliphatic hydroxyl groups is 3. The second-order valence-electron chi connectivity index (χ2n) is 12.4. The lowest BCUT2D eigenvalue weighted by molar-refractivity contribution is -0.0210. The molecule has 4 N–H and O–H groups in total. The van der Waals surface area contributed by atoms with E-state index in [2.05, 4.69) is 31.3 Å². The minimum Gasteiger partial charge on any atom is -0.395 e. The Morgan fingerprint density at radius 3 is 1.30 bits per heavy atom. The van der Waals surface area contributed by atoms with Crippen molar-refractivity contribution < 1.29 is 15.3 Å². The van der Waals surface area contributed by atoms with E-state index in [1.54, 1.807) is 0 Å². The third-order valence-corrected chi connectivity index (χ3v) is 8.45.